The molecule has 4 aromatic rings. The van der Waals surface area contributed by atoms with Gasteiger partial charge in [0, 0.05) is 29.5 Å². The van der Waals surface area contributed by atoms with Crippen molar-refractivity contribution in [1.29, 1.82) is 0 Å². The molecule has 1 aliphatic carbocycles. The molecule has 5 rings (SSSR count). The van der Waals surface area contributed by atoms with Crippen LogP contribution in [0.5, 0.6) is 28.7 Å². The molecule has 0 fully saturated rings. The van der Waals surface area contributed by atoms with Gasteiger partial charge < -0.3 is 23.7 Å². The standard InChI is InChI=1S/C34H36O7S/c1-21-7-11-23(12-8-21)32-31(24-15-26(38-3)17-27(16-24)39-4)33-29(18-28(40-5)19-30(33)41-6)34(32)42(35,36)20-22-9-13-25(37-2)14-10-22/h7-19,31-32,34H,20H2,1-6H3/t31-,32-,34?/m1/s1. The zero-order chi connectivity index (χ0) is 30.0. The molecule has 0 aliphatic heterocycles. The first-order chi connectivity index (χ1) is 20.2. The summed E-state index contributed by atoms with van der Waals surface area (Å²) in [6, 6.07) is 24.6. The smallest absolute Gasteiger partial charge is 0.162 e. The van der Waals surface area contributed by atoms with Crippen molar-refractivity contribution in [2.45, 2.75) is 29.8 Å². The summed E-state index contributed by atoms with van der Waals surface area (Å²) in [7, 11) is 4.17. The Bertz CT molecular complexity index is 1640. The molecule has 0 saturated carbocycles. The lowest BCUT2D eigenvalue weighted by Gasteiger charge is -2.27. The van der Waals surface area contributed by atoms with Gasteiger partial charge >= 0.3 is 0 Å². The Kier molecular flexibility index (Phi) is 8.36. The van der Waals surface area contributed by atoms with E-state index in [1.807, 2.05) is 61.5 Å². The van der Waals surface area contributed by atoms with E-state index < -0.39 is 21.0 Å². The van der Waals surface area contributed by atoms with E-state index in [1.54, 1.807) is 59.8 Å². The second kappa shape index (κ2) is 12.0. The molecular formula is C34H36O7S. The summed E-state index contributed by atoms with van der Waals surface area (Å²) >= 11 is 0. The zero-order valence-corrected chi connectivity index (χ0v) is 25.5. The van der Waals surface area contributed by atoms with Gasteiger partial charge in [0.05, 0.1) is 46.6 Å². The molecule has 42 heavy (non-hydrogen) atoms. The van der Waals surface area contributed by atoms with Gasteiger partial charge in [-0.15, -0.1) is 0 Å². The summed E-state index contributed by atoms with van der Waals surface area (Å²) < 4.78 is 57.3. The molecule has 0 radical (unpaired) electrons. The fourth-order valence-electron chi connectivity index (χ4n) is 6.02. The van der Waals surface area contributed by atoms with Crippen LogP contribution in [0.4, 0.5) is 0 Å². The van der Waals surface area contributed by atoms with Crippen molar-refractivity contribution in [1.82, 2.24) is 0 Å². The van der Waals surface area contributed by atoms with Gasteiger partial charge in [-0.2, -0.15) is 0 Å². The average molecular weight is 589 g/mol. The molecule has 0 amide bonds. The van der Waals surface area contributed by atoms with Gasteiger partial charge in [0.2, 0.25) is 0 Å². The number of rotatable bonds is 10. The second-order valence-electron chi connectivity index (χ2n) is 10.5. The largest absolute Gasteiger partial charge is 0.497 e. The van der Waals surface area contributed by atoms with E-state index >= 15 is 0 Å². The van der Waals surface area contributed by atoms with Crippen molar-refractivity contribution >= 4 is 9.84 Å². The maximum Gasteiger partial charge on any atom is 0.162 e. The van der Waals surface area contributed by atoms with Crippen molar-refractivity contribution < 1.29 is 32.1 Å². The molecular weight excluding hydrogens is 552 g/mol. The number of hydrogen-bond acceptors (Lipinski definition) is 7. The number of sulfone groups is 1. The highest BCUT2D eigenvalue weighted by Crippen LogP contribution is 2.61. The first-order valence-corrected chi connectivity index (χ1v) is 15.3. The van der Waals surface area contributed by atoms with Gasteiger partial charge in [-0.1, -0.05) is 42.0 Å². The molecule has 8 heteroatoms. The number of ether oxygens (including phenoxy) is 5. The summed E-state index contributed by atoms with van der Waals surface area (Å²) in [6.45, 7) is 2.02. The maximum atomic E-state index is 14.6. The van der Waals surface area contributed by atoms with E-state index in [-0.39, 0.29) is 11.7 Å². The molecule has 1 unspecified atom stereocenters. The predicted octanol–water partition coefficient (Wildman–Crippen LogP) is 6.62. The monoisotopic (exact) mass is 588 g/mol. The van der Waals surface area contributed by atoms with Crippen LogP contribution in [-0.4, -0.2) is 44.0 Å². The minimum Gasteiger partial charge on any atom is -0.497 e. The summed E-state index contributed by atoms with van der Waals surface area (Å²) in [5, 5.41) is -0.886. The Balaban J connectivity index is 1.79. The molecule has 0 spiro atoms. The molecule has 0 heterocycles. The van der Waals surface area contributed by atoms with Crippen LogP contribution >= 0.6 is 0 Å². The SMILES string of the molecule is COc1ccc(CS(=O)(=O)C2c3cc(OC)cc(OC)c3[C@H](c3cc(OC)cc(OC)c3)[C@H]2c2ccc(C)cc2)cc1. The second-order valence-corrected chi connectivity index (χ2v) is 12.6. The van der Waals surface area contributed by atoms with Crippen LogP contribution in [0.1, 0.15) is 50.5 Å². The highest BCUT2D eigenvalue weighted by molar-refractivity contribution is 7.91. The fourth-order valence-corrected chi connectivity index (χ4v) is 8.20. The van der Waals surface area contributed by atoms with E-state index in [2.05, 4.69) is 0 Å². The van der Waals surface area contributed by atoms with Crippen LogP contribution in [-0.2, 0) is 15.6 Å². The van der Waals surface area contributed by atoms with Crippen molar-refractivity contribution in [2.24, 2.45) is 0 Å². The summed E-state index contributed by atoms with van der Waals surface area (Å²) in [5.74, 6) is 2.00. The molecule has 0 N–H and O–H groups in total. The lowest BCUT2D eigenvalue weighted by molar-refractivity contribution is 0.388. The van der Waals surface area contributed by atoms with Gasteiger partial charge in [0.25, 0.3) is 0 Å². The molecule has 0 aromatic heterocycles. The fraction of sp³-hybridized carbons (Fsp3) is 0.294. The van der Waals surface area contributed by atoms with Gasteiger partial charge in [-0.25, -0.2) is 8.42 Å². The topological polar surface area (TPSA) is 80.3 Å². The summed E-state index contributed by atoms with van der Waals surface area (Å²) in [6.07, 6.45) is 0. The Morgan fingerprint density at radius 3 is 1.74 bits per heavy atom. The quantitative estimate of drug-likeness (QED) is 0.206. The van der Waals surface area contributed by atoms with Gasteiger partial charge in [-0.05, 0) is 59.5 Å². The van der Waals surface area contributed by atoms with Crippen LogP contribution in [0, 0.1) is 6.92 Å². The van der Waals surface area contributed by atoms with E-state index in [0.717, 1.165) is 22.3 Å². The molecule has 3 atom stereocenters. The van der Waals surface area contributed by atoms with Crippen LogP contribution in [0.25, 0.3) is 0 Å². The molecule has 7 nitrogen and oxygen atoms in total. The Labute approximate surface area is 247 Å². The molecule has 0 saturated heterocycles. The molecule has 1 aliphatic rings. The normalized spacial score (nSPS) is 17.8. The van der Waals surface area contributed by atoms with E-state index in [1.165, 1.54) is 0 Å². The van der Waals surface area contributed by atoms with E-state index in [4.69, 9.17) is 23.7 Å². The number of fused-ring (bicyclic) bond motifs is 1. The molecule has 0 bridgehead atoms. The van der Waals surface area contributed by atoms with Crippen molar-refractivity contribution in [3.8, 4) is 28.7 Å². The number of benzene rings is 4. The third kappa shape index (κ3) is 5.51. The van der Waals surface area contributed by atoms with Crippen molar-refractivity contribution in [3.63, 3.8) is 0 Å². The van der Waals surface area contributed by atoms with Crippen molar-refractivity contribution in [2.75, 3.05) is 35.5 Å². The number of methoxy groups -OCH3 is 5. The lowest BCUT2D eigenvalue weighted by atomic mass is 9.81. The van der Waals surface area contributed by atoms with Crippen LogP contribution in [0.15, 0.2) is 78.9 Å². The van der Waals surface area contributed by atoms with Crippen LogP contribution in [0.3, 0.4) is 0 Å². The third-order valence-corrected chi connectivity index (χ3v) is 10.1. The third-order valence-electron chi connectivity index (χ3n) is 8.01. The highest BCUT2D eigenvalue weighted by atomic mass is 32.2. The van der Waals surface area contributed by atoms with Crippen LogP contribution < -0.4 is 23.7 Å². The minimum absolute atomic E-state index is 0.142. The van der Waals surface area contributed by atoms with Gasteiger partial charge in [-0.3, -0.25) is 0 Å². The lowest BCUT2D eigenvalue weighted by Crippen LogP contribution is -2.21. The first-order valence-electron chi connectivity index (χ1n) is 13.6. The molecule has 4 aromatic carbocycles. The van der Waals surface area contributed by atoms with E-state index in [0.29, 0.717) is 39.9 Å². The molecule has 220 valence electrons. The summed E-state index contributed by atoms with van der Waals surface area (Å²) in [5.41, 5.74) is 5.02. The maximum absolute atomic E-state index is 14.6. The van der Waals surface area contributed by atoms with Crippen LogP contribution in [0.2, 0.25) is 0 Å². The summed E-state index contributed by atoms with van der Waals surface area (Å²) in [4.78, 5) is 0. The number of hydrogen-bond donors (Lipinski definition) is 0. The Hall–Kier alpha value is -4.17. The highest BCUT2D eigenvalue weighted by Gasteiger charge is 2.50. The van der Waals surface area contributed by atoms with Crippen molar-refractivity contribution in [3.05, 3.63) is 112 Å². The minimum atomic E-state index is -3.79. The average Bonchev–Trinajstić information content (AvgIpc) is 3.37. The van der Waals surface area contributed by atoms with Gasteiger partial charge in [0.15, 0.2) is 9.84 Å². The number of aryl methyl sites for hydroxylation is 1. The van der Waals surface area contributed by atoms with Gasteiger partial charge in [0.1, 0.15) is 28.7 Å². The first kappa shape index (κ1) is 29.3. The zero-order valence-electron chi connectivity index (χ0n) is 24.7. The Morgan fingerprint density at radius 1 is 0.619 bits per heavy atom. The van der Waals surface area contributed by atoms with E-state index in [9.17, 15) is 8.42 Å². The Morgan fingerprint density at radius 2 is 1.19 bits per heavy atom. The predicted molar refractivity (Wildman–Crippen MR) is 163 cm³/mol.